The van der Waals surface area contributed by atoms with E-state index in [-0.39, 0.29) is 45.3 Å². The summed E-state index contributed by atoms with van der Waals surface area (Å²) in [6, 6.07) is 6.44. The van der Waals surface area contributed by atoms with Crippen molar-refractivity contribution in [3.63, 3.8) is 0 Å². The Balaban J connectivity index is 1.82. The van der Waals surface area contributed by atoms with Crippen molar-refractivity contribution < 1.29 is 54.0 Å². The second kappa shape index (κ2) is 9.60. The third-order valence-electron chi connectivity index (χ3n) is 5.68. The monoisotopic (exact) mass is 492 g/mol. The SMILES string of the molecule is COc1cc2oc(-c3c(O)cccc3O[C@@H]3O[C@H](CO)[C@@H](O)[C@H](O)[C@H]3O)cc(=O)c2c(O)c1OC. The van der Waals surface area contributed by atoms with Crippen molar-refractivity contribution in [1.29, 1.82) is 0 Å². The van der Waals surface area contributed by atoms with Crippen LogP contribution in [0, 0.1) is 0 Å². The van der Waals surface area contributed by atoms with Gasteiger partial charge in [-0.05, 0) is 12.1 Å². The Morgan fingerprint density at radius 3 is 2.37 bits per heavy atom. The Morgan fingerprint density at radius 1 is 0.971 bits per heavy atom. The van der Waals surface area contributed by atoms with E-state index in [0.717, 1.165) is 6.07 Å². The van der Waals surface area contributed by atoms with Crippen molar-refractivity contribution in [3.05, 3.63) is 40.6 Å². The van der Waals surface area contributed by atoms with Crippen molar-refractivity contribution in [3.8, 4) is 40.1 Å². The van der Waals surface area contributed by atoms with Crippen molar-refractivity contribution in [2.45, 2.75) is 30.7 Å². The normalized spacial score (nSPS) is 24.3. The summed E-state index contributed by atoms with van der Waals surface area (Å²) in [5, 5.41) is 60.6. The van der Waals surface area contributed by atoms with E-state index < -0.39 is 48.5 Å². The zero-order valence-corrected chi connectivity index (χ0v) is 18.6. The van der Waals surface area contributed by atoms with Crippen LogP contribution in [0.5, 0.6) is 28.7 Å². The second-order valence-electron chi connectivity index (χ2n) is 7.77. The fourth-order valence-corrected chi connectivity index (χ4v) is 3.89. The van der Waals surface area contributed by atoms with Crippen LogP contribution >= 0.6 is 0 Å². The van der Waals surface area contributed by atoms with Crippen LogP contribution in [-0.4, -0.2) is 82.2 Å². The second-order valence-corrected chi connectivity index (χ2v) is 7.77. The summed E-state index contributed by atoms with van der Waals surface area (Å²) in [7, 11) is 2.63. The maximum Gasteiger partial charge on any atom is 0.229 e. The molecule has 1 aromatic heterocycles. The summed E-state index contributed by atoms with van der Waals surface area (Å²) in [6.07, 6.45) is -7.75. The fraction of sp³-hybridized carbons (Fsp3) is 0.348. The van der Waals surface area contributed by atoms with Gasteiger partial charge in [-0.3, -0.25) is 4.79 Å². The number of ether oxygens (including phenoxy) is 4. The van der Waals surface area contributed by atoms with Crippen molar-refractivity contribution >= 4 is 11.0 Å². The van der Waals surface area contributed by atoms with Crippen LogP contribution in [0.2, 0.25) is 0 Å². The lowest BCUT2D eigenvalue weighted by Gasteiger charge is -2.39. The van der Waals surface area contributed by atoms with E-state index in [4.69, 9.17) is 23.4 Å². The Labute approximate surface area is 197 Å². The summed E-state index contributed by atoms with van der Waals surface area (Å²) < 4.78 is 27.1. The molecule has 3 aromatic rings. The number of rotatable bonds is 6. The van der Waals surface area contributed by atoms with Gasteiger partial charge in [0.15, 0.2) is 16.9 Å². The van der Waals surface area contributed by atoms with Crippen LogP contribution in [0.4, 0.5) is 0 Å². The maximum absolute atomic E-state index is 12.9. The van der Waals surface area contributed by atoms with Gasteiger partial charge in [0.05, 0.1) is 20.8 Å². The fourth-order valence-electron chi connectivity index (χ4n) is 3.89. The molecule has 5 atom stereocenters. The van der Waals surface area contributed by atoms with Crippen LogP contribution in [0.1, 0.15) is 0 Å². The molecule has 35 heavy (non-hydrogen) atoms. The van der Waals surface area contributed by atoms with Crippen LogP contribution in [0.25, 0.3) is 22.3 Å². The molecule has 1 aliphatic heterocycles. The number of hydrogen-bond acceptors (Lipinski definition) is 12. The minimum absolute atomic E-state index is 0.0609. The van der Waals surface area contributed by atoms with Crippen molar-refractivity contribution in [2.24, 2.45) is 0 Å². The molecule has 0 saturated carbocycles. The Hall–Kier alpha value is -3.55. The Bertz CT molecular complexity index is 1280. The minimum Gasteiger partial charge on any atom is -0.507 e. The first-order valence-corrected chi connectivity index (χ1v) is 10.4. The summed E-state index contributed by atoms with van der Waals surface area (Å²) in [6.45, 7) is -0.661. The lowest BCUT2D eigenvalue weighted by Crippen LogP contribution is -2.60. The summed E-state index contributed by atoms with van der Waals surface area (Å²) in [5.41, 5.74) is -0.843. The van der Waals surface area contributed by atoms with Gasteiger partial charge in [-0.2, -0.15) is 0 Å². The number of aromatic hydroxyl groups is 2. The molecule has 1 saturated heterocycles. The van der Waals surface area contributed by atoms with Crippen LogP contribution in [-0.2, 0) is 4.74 Å². The highest BCUT2D eigenvalue weighted by Gasteiger charge is 2.45. The zero-order valence-electron chi connectivity index (χ0n) is 18.6. The molecule has 0 bridgehead atoms. The Morgan fingerprint density at radius 2 is 1.71 bits per heavy atom. The van der Waals surface area contributed by atoms with E-state index in [1.165, 1.54) is 38.5 Å². The molecule has 0 radical (unpaired) electrons. The first-order valence-electron chi connectivity index (χ1n) is 10.4. The lowest BCUT2D eigenvalue weighted by molar-refractivity contribution is -0.277. The van der Waals surface area contributed by atoms with Crippen molar-refractivity contribution in [1.82, 2.24) is 0 Å². The molecule has 12 heteroatoms. The Kier molecular flexibility index (Phi) is 6.74. The van der Waals surface area contributed by atoms with E-state index in [0.29, 0.717) is 0 Å². The molecule has 0 amide bonds. The number of methoxy groups -OCH3 is 2. The van der Waals surface area contributed by atoms with E-state index in [2.05, 4.69) is 0 Å². The van der Waals surface area contributed by atoms with Gasteiger partial charge in [-0.15, -0.1) is 0 Å². The van der Waals surface area contributed by atoms with E-state index in [1.807, 2.05) is 0 Å². The molecule has 2 heterocycles. The number of benzene rings is 2. The average Bonchev–Trinajstić information content (AvgIpc) is 2.83. The van der Waals surface area contributed by atoms with Crippen molar-refractivity contribution in [2.75, 3.05) is 20.8 Å². The standard InChI is InChI=1S/C23H24O12/c1-31-14-7-13-17(19(28)22(14)32-2)10(26)6-12(33-13)16-9(25)4-3-5-11(16)34-23-21(30)20(29)18(27)15(8-24)35-23/h3-7,15,18,20-21,23-25,27-30H,8H2,1-2H3/t15-,18-,20+,21-,23-/m1/s1. The third kappa shape index (κ3) is 4.22. The highest BCUT2D eigenvalue weighted by atomic mass is 16.7. The number of hydrogen-bond donors (Lipinski definition) is 6. The largest absolute Gasteiger partial charge is 0.507 e. The van der Waals surface area contributed by atoms with E-state index in [9.17, 15) is 35.4 Å². The molecule has 2 aromatic carbocycles. The molecule has 0 aliphatic carbocycles. The molecular formula is C23H24O12. The number of aliphatic hydroxyl groups excluding tert-OH is 4. The molecule has 1 aliphatic rings. The zero-order chi connectivity index (χ0) is 25.4. The first-order chi connectivity index (χ1) is 16.7. The summed E-state index contributed by atoms with van der Waals surface area (Å²) in [4.78, 5) is 12.9. The summed E-state index contributed by atoms with van der Waals surface area (Å²) >= 11 is 0. The van der Waals surface area contributed by atoms with Crippen LogP contribution in [0.3, 0.4) is 0 Å². The molecule has 0 unspecified atom stereocenters. The van der Waals surface area contributed by atoms with Gasteiger partial charge in [-0.25, -0.2) is 0 Å². The smallest absolute Gasteiger partial charge is 0.229 e. The number of aliphatic hydroxyl groups is 4. The molecule has 12 nitrogen and oxygen atoms in total. The number of phenols is 2. The topological polar surface area (TPSA) is 189 Å². The molecule has 1 fully saturated rings. The lowest BCUT2D eigenvalue weighted by atomic mass is 9.99. The highest BCUT2D eigenvalue weighted by Crippen LogP contribution is 2.44. The maximum atomic E-state index is 12.9. The van der Waals surface area contributed by atoms with E-state index >= 15 is 0 Å². The quantitative estimate of drug-likeness (QED) is 0.272. The third-order valence-corrected chi connectivity index (χ3v) is 5.68. The molecule has 188 valence electrons. The molecule has 6 N–H and O–H groups in total. The minimum atomic E-state index is -1.71. The molecular weight excluding hydrogens is 468 g/mol. The predicted molar refractivity (Wildman–Crippen MR) is 119 cm³/mol. The number of phenolic OH excluding ortho intramolecular Hbond substituents is 2. The van der Waals surface area contributed by atoms with E-state index in [1.54, 1.807) is 0 Å². The van der Waals surface area contributed by atoms with Gasteiger partial charge in [0, 0.05) is 12.1 Å². The van der Waals surface area contributed by atoms with Gasteiger partial charge in [0.1, 0.15) is 58.2 Å². The average molecular weight is 492 g/mol. The predicted octanol–water partition coefficient (Wildman–Crippen LogP) is 0.0671. The van der Waals surface area contributed by atoms with Crippen LogP contribution < -0.4 is 19.6 Å². The summed E-state index contributed by atoms with van der Waals surface area (Å²) in [5.74, 6) is -1.09. The van der Waals surface area contributed by atoms with Gasteiger partial charge < -0.3 is 54.0 Å². The van der Waals surface area contributed by atoms with Gasteiger partial charge in [0.2, 0.25) is 12.0 Å². The van der Waals surface area contributed by atoms with Gasteiger partial charge in [0.25, 0.3) is 0 Å². The molecule has 4 rings (SSSR count). The highest BCUT2D eigenvalue weighted by molar-refractivity contribution is 5.90. The van der Waals surface area contributed by atoms with Gasteiger partial charge in [-0.1, -0.05) is 6.07 Å². The number of fused-ring (bicyclic) bond motifs is 1. The first kappa shape index (κ1) is 24.6. The van der Waals surface area contributed by atoms with Gasteiger partial charge >= 0.3 is 0 Å². The van der Waals surface area contributed by atoms with Crippen LogP contribution in [0.15, 0.2) is 39.5 Å². The molecule has 0 spiro atoms.